The number of carbonyl (C=O) groups is 1. The molecule has 1 aliphatic heterocycles. The van der Waals surface area contributed by atoms with Gasteiger partial charge in [0, 0.05) is 40.1 Å². The van der Waals surface area contributed by atoms with Crippen LogP contribution >= 0.6 is 23.5 Å². The Labute approximate surface area is 159 Å². The molecule has 134 valence electrons. The van der Waals surface area contributed by atoms with Gasteiger partial charge in [-0.3, -0.25) is 5.32 Å². The minimum atomic E-state index is -1.13. The molecule has 3 aromatic rings. The van der Waals surface area contributed by atoms with Gasteiger partial charge in [0.2, 0.25) is 5.95 Å². The molecule has 2 aromatic carbocycles. The number of nitrogens with one attached hydrogen (secondary N) is 2. The lowest BCUT2D eigenvalue weighted by molar-refractivity contribution is 0.209. The number of anilines is 2. The number of nitrogens with zero attached hydrogens (tertiary/aromatic N) is 2. The molecule has 0 saturated carbocycles. The van der Waals surface area contributed by atoms with Crippen molar-refractivity contribution in [1.82, 2.24) is 9.97 Å². The summed E-state index contributed by atoms with van der Waals surface area (Å²) in [6.07, 6.45) is -1.13. The van der Waals surface area contributed by atoms with E-state index >= 15 is 0 Å². The molecular weight excluding hydrogens is 368 g/mol. The summed E-state index contributed by atoms with van der Waals surface area (Å²) >= 11 is 3.68. The number of hydrogen-bond acceptors (Lipinski definition) is 5. The van der Waals surface area contributed by atoms with Crippen molar-refractivity contribution in [1.29, 1.82) is 0 Å². The van der Waals surface area contributed by atoms with Crippen LogP contribution in [0.5, 0.6) is 0 Å². The van der Waals surface area contributed by atoms with Gasteiger partial charge in [-0.2, -0.15) is 11.8 Å². The number of benzene rings is 2. The number of carboxylic acid groups (broad SMARTS) is 1. The van der Waals surface area contributed by atoms with Crippen molar-refractivity contribution >= 4 is 52.3 Å². The zero-order valence-corrected chi connectivity index (χ0v) is 15.6. The van der Waals surface area contributed by atoms with Gasteiger partial charge in [-0.15, -0.1) is 0 Å². The molecule has 0 atom stereocenters. The van der Waals surface area contributed by atoms with Gasteiger partial charge in [-0.25, -0.2) is 9.78 Å². The molecule has 2 heterocycles. The van der Waals surface area contributed by atoms with Crippen LogP contribution in [0.1, 0.15) is 0 Å². The normalized spacial score (nSPS) is 14.5. The van der Waals surface area contributed by atoms with Gasteiger partial charge in [0.25, 0.3) is 0 Å². The molecule has 0 radical (unpaired) electrons. The van der Waals surface area contributed by atoms with Crippen LogP contribution < -0.4 is 10.2 Å². The van der Waals surface area contributed by atoms with Gasteiger partial charge in [0.1, 0.15) is 0 Å². The number of fused-ring (bicyclic) bond motifs is 1. The lowest BCUT2D eigenvalue weighted by Crippen LogP contribution is -2.32. The Balaban J connectivity index is 1.48. The number of rotatable bonds is 4. The molecule has 1 amide bonds. The third kappa shape index (κ3) is 3.91. The first-order valence-corrected chi connectivity index (χ1v) is 10.2. The molecule has 0 bridgehead atoms. The van der Waals surface area contributed by atoms with Crippen molar-refractivity contribution in [3.63, 3.8) is 0 Å². The van der Waals surface area contributed by atoms with E-state index in [1.54, 1.807) is 11.8 Å². The maximum absolute atomic E-state index is 10.7. The number of amides is 1. The summed E-state index contributed by atoms with van der Waals surface area (Å²) in [6, 6.07) is 14.5. The Morgan fingerprint density at radius 3 is 2.62 bits per heavy atom. The SMILES string of the molecule is O=C(O)Nc1nc2cc(Sc3ccc(N4CCSCC4)cc3)ccc2[nH]1. The summed E-state index contributed by atoms with van der Waals surface area (Å²) in [5.74, 6) is 2.62. The summed E-state index contributed by atoms with van der Waals surface area (Å²) < 4.78 is 0. The Hall–Kier alpha value is -2.32. The number of aromatic amines is 1. The lowest BCUT2D eigenvalue weighted by Gasteiger charge is -2.28. The average molecular weight is 387 g/mol. The van der Waals surface area contributed by atoms with Gasteiger partial charge in [0.15, 0.2) is 0 Å². The van der Waals surface area contributed by atoms with E-state index in [1.807, 2.05) is 30.0 Å². The highest BCUT2D eigenvalue weighted by Gasteiger charge is 2.11. The molecule has 26 heavy (non-hydrogen) atoms. The van der Waals surface area contributed by atoms with Crippen LogP contribution in [0, 0.1) is 0 Å². The second-order valence-corrected chi connectivity index (χ2v) is 8.26. The highest BCUT2D eigenvalue weighted by molar-refractivity contribution is 7.99. The maximum Gasteiger partial charge on any atom is 0.411 e. The van der Waals surface area contributed by atoms with Crippen LogP contribution in [-0.4, -0.2) is 45.8 Å². The predicted octanol–water partition coefficient (Wildman–Crippen LogP) is 4.36. The number of aromatic nitrogens is 2. The Morgan fingerprint density at radius 2 is 1.88 bits per heavy atom. The van der Waals surface area contributed by atoms with Crippen molar-refractivity contribution in [2.45, 2.75) is 9.79 Å². The molecule has 1 aliphatic rings. The average Bonchev–Trinajstić information content (AvgIpc) is 3.04. The van der Waals surface area contributed by atoms with Crippen LogP contribution in [0.4, 0.5) is 16.4 Å². The molecule has 1 fully saturated rings. The number of hydrogen-bond donors (Lipinski definition) is 3. The fraction of sp³-hybridized carbons (Fsp3) is 0.222. The van der Waals surface area contributed by atoms with E-state index in [2.05, 4.69) is 44.5 Å². The third-order valence-corrected chi connectivity index (χ3v) is 6.07. The molecule has 3 N–H and O–H groups in total. The minimum Gasteiger partial charge on any atom is -0.465 e. The molecule has 4 rings (SSSR count). The summed E-state index contributed by atoms with van der Waals surface area (Å²) in [5, 5.41) is 11.0. The van der Waals surface area contributed by atoms with Crippen molar-refractivity contribution in [3.8, 4) is 0 Å². The van der Waals surface area contributed by atoms with E-state index in [9.17, 15) is 4.79 Å². The summed E-state index contributed by atoms with van der Waals surface area (Å²) in [7, 11) is 0. The quantitative estimate of drug-likeness (QED) is 0.618. The first-order valence-electron chi connectivity index (χ1n) is 8.28. The summed E-state index contributed by atoms with van der Waals surface area (Å²) in [5.41, 5.74) is 2.82. The molecule has 1 saturated heterocycles. The van der Waals surface area contributed by atoms with Gasteiger partial charge in [-0.1, -0.05) is 11.8 Å². The highest BCUT2D eigenvalue weighted by Crippen LogP contribution is 2.31. The van der Waals surface area contributed by atoms with E-state index in [0.717, 1.165) is 29.0 Å². The fourth-order valence-electron chi connectivity index (χ4n) is 2.89. The lowest BCUT2D eigenvalue weighted by atomic mass is 10.3. The second kappa shape index (κ2) is 7.51. The Kier molecular flexibility index (Phi) is 4.94. The van der Waals surface area contributed by atoms with Crippen molar-refractivity contribution in [3.05, 3.63) is 42.5 Å². The second-order valence-electron chi connectivity index (χ2n) is 5.89. The highest BCUT2D eigenvalue weighted by atomic mass is 32.2. The summed E-state index contributed by atoms with van der Waals surface area (Å²) in [6.45, 7) is 2.22. The molecule has 8 heteroatoms. The van der Waals surface area contributed by atoms with Crippen LogP contribution in [-0.2, 0) is 0 Å². The molecule has 0 spiro atoms. The molecule has 0 aliphatic carbocycles. The minimum absolute atomic E-state index is 0.235. The smallest absolute Gasteiger partial charge is 0.411 e. The van der Waals surface area contributed by atoms with E-state index < -0.39 is 6.09 Å². The first-order chi connectivity index (χ1) is 12.7. The summed E-state index contributed by atoms with van der Waals surface area (Å²) in [4.78, 5) is 22.6. The van der Waals surface area contributed by atoms with E-state index in [4.69, 9.17) is 5.11 Å². The Morgan fingerprint density at radius 1 is 1.15 bits per heavy atom. The monoisotopic (exact) mass is 386 g/mol. The van der Waals surface area contributed by atoms with E-state index in [-0.39, 0.29) is 5.95 Å². The number of H-pyrrole nitrogens is 1. The Bertz CT molecular complexity index is 921. The molecule has 0 unspecified atom stereocenters. The van der Waals surface area contributed by atoms with Crippen LogP contribution in [0.25, 0.3) is 11.0 Å². The molecule has 6 nitrogen and oxygen atoms in total. The zero-order valence-electron chi connectivity index (χ0n) is 13.9. The molecular formula is C18H18N4O2S2. The number of thioether (sulfide) groups is 1. The first kappa shape index (κ1) is 17.1. The van der Waals surface area contributed by atoms with E-state index in [0.29, 0.717) is 0 Å². The standard InChI is InChI=1S/C18H18N4O2S2/c23-18(24)21-17-19-15-6-5-14(11-16(15)20-17)26-13-3-1-12(2-4-13)22-7-9-25-10-8-22/h1-6,11H,7-10H2,(H,23,24)(H2,19,20,21). The van der Waals surface area contributed by atoms with Gasteiger partial charge < -0.3 is 15.0 Å². The molecule has 1 aromatic heterocycles. The van der Waals surface area contributed by atoms with E-state index in [1.165, 1.54) is 22.1 Å². The largest absolute Gasteiger partial charge is 0.465 e. The maximum atomic E-state index is 10.7. The van der Waals surface area contributed by atoms with Crippen LogP contribution in [0.15, 0.2) is 52.3 Å². The van der Waals surface area contributed by atoms with Gasteiger partial charge >= 0.3 is 6.09 Å². The number of imidazole rings is 1. The third-order valence-electron chi connectivity index (χ3n) is 4.13. The van der Waals surface area contributed by atoms with Gasteiger partial charge in [0.05, 0.1) is 11.0 Å². The predicted molar refractivity (Wildman–Crippen MR) is 108 cm³/mol. The van der Waals surface area contributed by atoms with Crippen molar-refractivity contribution < 1.29 is 9.90 Å². The van der Waals surface area contributed by atoms with Gasteiger partial charge in [-0.05, 0) is 42.5 Å². The van der Waals surface area contributed by atoms with Crippen molar-refractivity contribution in [2.24, 2.45) is 0 Å². The van der Waals surface area contributed by atoms with Crippen molar-refractivity contribution in [2.75, 3.05) is 34.8 Å². The fourth-order valence-corrected chi connectivity index (χ4v) is 4.65. The van der Waals surface area contributed by atoms with Crippen LogP contribution in [0.2, 0.25) is 0 Å². The van der Waals surface area contributed by atoms with Crippen LogP contribution in [0.3, 0.4) is 0 Å². The topological polar surface area (TPSA) is 81.2 Å². The zero-order chi connectivity index (χ0) is 17.9.